The molecule has 0 amide bonds. The summed E-state index contributed by atoms with van der Waals surface area (Å²) >= 11 is 1.65. The van der Waals surface area contributed by atoms with Crippen LogP contribution in [-0.4, -0.2) is 49.2 Å². The highest BCUT2D eigenvalue weighted by Gasteiger charge is 2.17. The van der Waals surface area contributed by atoms with Crippen LogP contribution in [0.25, 0.3) is 55.3 Å². The van der Waals surface area contributed by atoms with Crippen molar-refractivity contribution < 1.29 is 0 Å². The third kappa shape index (κ3) is 3.02. The van der Waals surface area contributed by atoms with E-state index >= 15 is 0 Å². The summed E-state index contributed by atoms with van der Waals surface area (Å²) in [5, 5.41) is 10.5. The molecule has 32 heavy (non-hydrogen) atoms. The Labute approximate surface area is 187 Å². The first-order valence-electron chi connectivity index (χ1n) is 10.0. The van der Waals surface area contributed by atoms with E-state index in [1.165, 1.54) is 0 Å². The molecule has 0 unspecified atom stereocenters. The van der Waals surface area contributed by atoms with Gasteiger partial charge in [0.2, 0.25) is 0 Å². The van der Waals surface area contributed by atoms with Gasteiger partial charge in [-0.2, -0.15) is 5.10 Å². The number of thiophene rings is 1. The number of aromatic amines is 2. The molecule has 156 valence electrons. The number of hydrogen-bond donors (Lipinski definition) is 2. The van der Waals surface area contributed by atoms with Crippen LogP contribution in [0, 0.1) is 0 Å². The summed E-state index contributed by atoms with van der Waals surface area (Å²) in [5.41, 5.74) is 7.03. The van der Waals surface area contributed by atoms with E-state index in [-0.39, 0.29) is 0 Å². The highest BCUT2D eigenvalue weighted by molar-refractivity contribution is 7.13. The molecular formula is C23H18N8S. The van der Waals surface area contributed by atoms with Gasteiger partial charge in [0, 0.05) is 43.8 Å². The number of rotatable bonds is 4. The molecule has 6 aromatic rings. The summed E-state index contributed by atoms with van der Waals surface area (Å²) in [6, 6.07) is 10.2. The summed E-state index contributed by atoms with van der Waals surface area (Å²) in [4.78, 5) is 24.9. The lowest BCUT2D eigenvalue weighted by atomic mass is 10.1. The molecule has 6 rings (SSSR count). The van der Waals surface area contributed by atoms with E-state index in [1.807, 2.05) is 55.1 Å². The molecule has 0 atom stereocenters. The standard InChI is InChI=1S/C23H18N8S/c1-31(2)15-8-13(10-24-12-15)14-9-16-19(29-30-22(16)26-11-14)23-27-17-5-6-25-21(20(17)28-23)18-4-3-7-32-18/h3-12H,1-2H3,(H,27,28)(H,26,29,30). The Hall–Kier alpha value is -4.11. The summed E-state index contributed by atoms with van der Waals surface area (Å²) in [7, 11) is 3.99. The lowest BCUT2D eigenvalue weighted by Crippen LogP contribution is -2.08. The van der Waals surface area contributed by atoms with Crippen LogP contribution in [0.5, 0.6) is 0 Å². The van der Waals surface area contributed by atoms with Gasteiger partial charge in [0.05, 0.1) is 27.7 Å². The smallest absolute Gasteiger partial charge is 0.159 e. The van der Waals surface area contributed by atoms with Crippen LogP contribution in [0.2, 0.25) is 0 Å². The van der Waals surface area contributed by atoms with Gasteiger partial charge in [0.25, 0.3) is 0 Å². The minimum absolute atomic E-state index is 0.677. The first kappa shape index (κ1) is 18.6. The van der Waals surface area contributed by atoms with Crippen LogP contribution >= 0.6 is 11.3 Å². The van der Waals surface area contributed by atoms with Gasteiger partial charge in [-0.1, -0.05) is 6.07 Å². The minimum Gasteiger partial charge on any atom is -0.376 e. The SMILES string of the molecule is CN(C)c1cncc(-c2cnc3[nH]nc(-c4nc5c(-c6cccs6)nccc5[nH]4)c3c2)c1. The molecule has 9 heteroatoms. The monoisotopic (exact) mass is 438 g/mol. The van der Waals surface area contributed by atoms with Crippen molar-refractivity contribution in [2.45, 2.75) is 0 Å². The van der Waals surface area contributed by atoms with Crippen LogP contribution in [0.4, 0.5) is 5.69 Å². The maximum absolute atomic E-state index is 4.86. The van der Waals surface area contributed by atoms with Crippen LogP contribution in [0.3, 0.4) is 0 Å². The van der Waals surface area contributed by atoms with Crippen LogP contribution in [-0.2, 0) is 0 Å². The van der Waals surface area contributed by atoms with E-state index in [2.05, 4.69) is 48.3 Å². The zero-order chi connectivity index (χ0) is 21.7. The summed E-state index contributed by atoms with van der Waals surface area (Å²) < 4.78 is 0. The Bertz CT molecular complexity index is 1560. The molecule has 8 nitrogen and oxygen atoms in total. The second-order valence-electron chi connectivity index (χ2n) is 7.64. The van der Waals surface area contributed by atoms with Gasteiger partial charge in [0.15, 0.2) is 11.5 Å². The Morgan fingerprint density at radius 3 is 2.72 bits per heavy atom. The molecule has 0 saturated carbocycles. The van der Waals surface area contributed by atoms with Crippen molar-refractivity contribution in [1.29, 1.82) is 0 Å². The topological polar surface area (TPSA) is 99.3 Å². The Kier molecular flexibility index (Phi) is 4.22. The largest absolute Gasteiger partial charge is 0.376 e. The van der Waals surface area contributed by atoms with Gasteiger partial charge >= 0.3 is 0 Å². The predicted octanol–water partition coefficient (Wildman–Crippen LogP) is 4.75. The van der Waals surface area contributed by atoms with Crippen LogP contribution in [0.15, 0.2) is 60.5 Å². The molecule has 0 saturated heterocycles. The van der Waals surface area contributed by atoms with E-state index in [0.717, 1.165) is 49.5 Å². The minimum atomic E-state index is 0.677. The lowest BCUT2D eigenvalue weighted by molar-refractivity contribution is 1.09. The highest BCUT2D eigenvalue weighted by Crippen LogP contribution is 2.33. The number of imidazole rings is 1. The molecule has 0 aromatic carbocycles. The number of anilines is 1. The predicted molar refractivity (Wildman–Crippen MR) is 128 cm³/mol. The number of H-pyrrole nitrogens is 2. The van der Waals surface area contributed by atoms with Crippen LogP contribution in [0.1, 0.15) is 0 Å². The number of nitrogens with zero attached hydrogens (tertiary/aromatic N) is 6. The molecule has 0 radical (unpaired) electrons. The normalized spacial score (nSPS) is 11.4. The van der Waals surface area contributed by atoms with E-state index in [1.54, 1.807) is 17.5 Å². The van der Waals surface area contributed by atoms with Gasteiger partial charge in [-0.3, -0.25) is 15.1 Å². The second kappa shape index (κ2) is 7.24. The molecule has 0 aliphatic heterocycles. The van der Waals surface area contributed by atoms with Gasteiger partial charge < -0.3 is 9.88 Å². The maximum Gasteiger partial charge on any atom is 0.159 e. The first-order valence-corrected chi connectivity index (χ1v) is 10.9. The van der Waals surface area contributed by atoms with Crippen molar-refractivity contribution in [3.05, 3.63) is 60.5 Å². The quantitative estimate of drug-likeness (QED) is 0.412. The Morgan fingerprint density at radius 2 is 1.88 bits per heavy atom. The molecule has 0 aliphatic carbocycles. The Balaban J connectivity index is 1.49. The van der Waals surface area contributed by atoms with E-state index in [0.29, 0.717) is 11.5 Å². The fraction of sp³-hybridized carbons (Fsp3) is 0.0870. The number of pyridine rings is 3. The molecule has 0 bridgehead atoms. The van der Waals surface area contributed by atoms with E-state index in [9.17, 15) is 0 Å². The number of nitrogens with one attached hydrogen (secondary N) is 2. The summed E-state index contributed by atoms with van der Waals surface area (Å²) in [5.74, 6) is 0.677. The molecule has 6 aromatic heterocycles. The summed E-state index contributed by atoms with van der Waals surface area (Å²) in [6.07, 6.45) is 7.31. The van der Waals surface area contributed by atoms with Gasteiger partial charge in [-0.15, -0.1) is 11.3 Å². The lowest BCUT2D eigenvalue weighted by Gasteiger charge is -2.12. The van der Waals surface area contributed by atoms with Crippen molar-refractivity contribution in [3.63, 3.8) is 0 Å². The molecule has 0 fully saturated rings. The average molecular weight is 439 g/mol. The van der Waals surface area contributed by atoms with E-state index < -0.39 is 0 Å². The molecule has 2 N–H and O–H groups in total. The maximum atomic E-state index is 4.86. The van der Waals surface area contributed by atoms with Gasteiger partial charge in [-0.05, 0) is 29.6 Å². The van der Waals surface area contributed by atoms with E-state index in [4.69, 9.17) is 4.98 Å². The number of fused-ring (bicyclic) bond motifs is 2. The van der Waals surface area contributed by atoms with Crippen molar-refractivity contribution in [2.24, 2.45) is 0 Å². The van der Waals surface area contributed by atoms with Crippen molar-refractivity contribution >= 4 is 39.1 Å². The van der Waals surface area contributed by atoms with Gasteiger partial charge in [-0.25, -0.2) is 9.97 Å². The fourth-order valence-electron chi connectivity index (χ4n) is 3.71. The third-order valence-corrected chi connectivity index (χ3v) is 6.25. The van der Waals surface area contributed by atoms with Crippen molar-refractivity contribution in [1.82, 2.24) is 35.1 Å². The second-order valence-corrected chi connectivity index (χ2v) is 8.58. The molecule has 0 aliphatic rings. The average Bonchev–Trinajstić information content (AvgIpc) is 3.57. The Morgan fingerprint density at radius 1 is 0.969 bits per heavy atom. The van der Waals surface area contributed by atoms with Crippen LogP contribution < -0.4 is 4.90 Å². The molecular weight excluding hydrogens is 420 g/mol. The third-order valence-electron chi connectivity index (χ3n) is 5.37. The highest BCUT2D eigenvalue weighted by atomic mass is 32.1. The van der Waals surface area contributed by atoms with Crippen molar-refractivity contribution in [3.8, 4) is 33.2 Å². The zero-order valence-electron chi connectivity index (χ0n) is 17.4. The zero-order valence-corrected chi connectivity index (χ0v) is 18.2. The number of aromatic nitrogens is 7. The molecule has 0 spiro atoms. The van der Waals surface area contributed by atoms with Gasteiger partial charge in [0.1, 0.15) is 16.9 Å². The first-order chi connectivity index (χ1) is 15.7. The molecule has 6 heterocycles. The fourth-order valence-corrected chi connectivity index (χ4v) is 4.44. The summed E-state index contributed by atoms with van der Waals surface area (Å²) in [6.45, 7) is 0. The van der Waals surface area contributed by atoms with Crippen molar-refractivity contribution in [2.75, 3.05) is 19.0 Å². The number of hydrogen-bond acceptors (Lipinski definition) is 7.